The monoisotopic (exact) mass is 297 g/mol. The molecule has 7 heteroatoms. The number of hydrogen-bond acceptors (Lipinski definition) is 7. The third-order valence-electron chi connectivity index (χ3n) is 3.36. The number of carbonyl (C=O) groups excluding carboxylic acids is 2. The van der Waals surface area contributed by atoms with Crippen LogP contribution in [-0.4, -0.2) is 50.2 Å². The maximum atomic E-state index is 12.2. The molecule has 0 bridgehead atoms. The van der Waals surface area contributed by atoms with Crippen LogP contribution in [0.15, 0.2) is 16.4 Å². The molecule has 1 atom stereocenters. The second-order valence-corrected chi connectivity index (χ2v) is 5.51. The Morgan fingerprint density at radius 1 is 1.33 bits per heavy atom. The highest BCUT2D eigenvalue weighted by atomic mass is 16.8. The maximum Gasteiger partial charge on any atom is 0.349 e. The van der Waals surface area contributed by atoms with Crippen molar-refractivity contribution >= 4 is 18.0 Å². The fraction of sp³-hybridized carbons (Fsp3) is 0.643. The van der Waals surface area contributed by atoms with Gasteiger partial charge in [-0.1, -0.05) is 0 Å². The predicted octanol–water partition coefficient (Wildman–Crippen LogP) is 0.973. The van der Waals surface area contributed by atoms with Gasteiger partial charge in [0.2, 0.25) is 5.78 Å². The first-order valence-corrected chi connectivity index (χ1v) is 6.57. The predicted molar refractivity (Wildman–Crippen MR) is 72.6 cm³/mol. The molecule has 0 radical (unpaired) electrons. The molecule has 2 aliphatic rings. The van der Waals surface area contributed by atoms with Gasteiger partial charge >= 0.3 is 5.97 Å². The van der Waals surface area contributed by atoms with Gasteiger partial charge in [0, 0.05) is 12.8 Å². The van der Waals surface area contributed by atoms with Crippen LogP contribution in [0.2, 0.25) is 0 Å². The molecule has 1 fully saturated rings. The molecular weight excluding hydrogens is 278 g/mol. The third kappa shape index (κ3) is 3.30. The molecule has 1 aliphatic carbocycles. The van der Waals surface area contributed by atoms with Gasteiger partial charge in [-0.2, -0.15) is 0 Å². The minimum absolute atomic E-state index is 0.147. The summed E-state index contributed by atoms with van der Waals surface area (Å²) in [7, 11) is 2.65. The zero-order valence-corrected chi connectivity index (χ0v) is 12.6. The molecule has 0 N–H and O–H groups in total. The largest absolute Gasteiger partial charge is 0.491 e. The Morgan fingerprint density at radius 2 is 2.05 bits per heavy atom. The van der Waals surface area contributed by atoms with E-state index in [2.05, 4.69) is 9.73 Å². The molecular formula is C14H19NO6. The Morgan fingerprint density at radius 3 is 2.57 bits per heavy atom. The van der Waals surface area contributed by atoms with E-state index in [9.17, 15) is 9.59 Å². The van der Waals surface area contributed by atoms with Crippen molar-refractivity contribution in [1.29, 1.82) is 0 Å². The molecule has 1 spiro atoms. The minimum Gasteiger partial charge on any atom is -0.491 e. The molecule has 21 heavy (non-hydrogen) atoms. The van der Waals surface area contributed by atoms with E-state index in [1.165, 1.54) is 14.2 Å². The first-order chi connectivity index (χ1) is 9.81. The van der Waals surface area contributed by atoms with E-state index in [1.54, 1.807) is 13.8 Å². The maximum absolute atomic E-state index is 12.2. The number of allylic oxidation sites excluding steroid dienone is 1. The van der Waals surface area contributed by atoms with Gasteiger partial charge in [-0.3, -0.25) is 4.79 Å². The number of Topliss-reactive ketones (excluding diaryl/α,β-unsaturated/α-hetero) is 1. The second kappa shape index (κ2) is 5.57. The Labute approximate surface area is 122 Å². The van der Waals surface area contributed by atoms with Crippen LogP contribution < -0.4 is 0 Å². The van der Waals surface area contributed by atoms with Crippen molar-refractivity contribution < 1.29 is 28.5 Å². The van der Waals surface area contributed by atoms with Crippen LogP contribution in [0.25, 0.3) is 0 Å². The Hall–Kier alpha value is -1.73. The summed E-state index contributed by atoms with van der Waals surface area (Å²) in [6, 6.07) is 0. The van der Waals surface area contributed by atoms with Gasteiger partial charge in [-0.25, -0.2) is 9.79 Å². The van der Waals surface area contributed by atoms with Crippen molar-refractivity contribution in [2.45, 2.75) is 38.1 Å². The Balaban J connectivity index is 2.29. The summed E-state index contributed by atoms with van der Waals surface area (Å²) in [5, 5.41) is 0. The van der Waals surface area contributed by atoms with Crippen LogP contribution in [0, 0.1) is 0 Å². The van der Waals surface area contributed by atoms with E-state index in [1.807, 2.05) is 0 Å². The molecule has 0 aromatic heterocycles. The highest BCUT2D eigenvalue weighted by Gasteiger charge is 2.50. The van der Waals surface area contributed by atoms with Crippen LogP contribution in [-0.2, 0) is 28.5 Å². The molecule has 116 valence electrons. The number of methoxy groups -OCH3 is 2. The topological polar surface area (TPSA) is 83.4 Å². The lowest BCUT2D eigenvalue weighted by Gasteiger charge is -2.32. The normalized spacial score (nSPS) is 28.5. The quantitative estimate of drug-likeness (QED) is 0.570. The molecule has 1 heterocycles. The second-order valence-electron chi connectivity index (χ2n) is 5.51. The smallest absolute Gasteiger partial charge is 0.349 e. The van der Waals surface area contributed by atoms with Crippen LogP contribution in [0.5, 0.6) is 0 Å². The number of ketones is 1. The van der Waals surface area contributed by atoms with Gasteiger partial charge in [0.1, 0.15) is 11.8 Å². The number of esters is 1. The fourth-order valence-electron chi connectivity index (χ4n) is 2.56. The van der Waals surface area contributed by atoms with Crippen molar-refractivity contribution in [2.24, 2.45) is 4.99 Å². The standard InChI is InChI=1S/C14H19NO6/c1-13(2)20-8-14(21-13)5-9(15-7-11(17)18-3)12(19-4)10(16)6-14/h7H,5-6,8H2,1-4H3/t14-/m0/s1. The van der Waals surface area contributed by atoms with Gasteiger partial charge in [0.15, 0.2) is 11.5 Å². The van der Waals surface area contributed by atoms with Crippen LogP contribution in [0.4, 0.5) is 0 Å². The first-order valence-electron chi connectivity index (χ1n) is 6.57. The zero-order chi connectivity index (χ0) is 15.7. The molecule has 0 unspecified atom stereocenters. The van der Waals surface area contributed by atoms with Crippen LogP contribution in [0.3, 0.4) is 0 Å². The summed E-state index contributed by atoms with van der Waals surface area (Å²) in [6.45, 7) is 3.87. The molecule has 1 aliphatic heterocycles. The lowest BCUT2D eigenvalue weighted by molar-refractivity contribution is -0.166. The summed E-state index contributed by atoms with van der Waals surface area (Å²) < 4.78 is 21.0. The lowest BCUT2D eigenvalue weighted by Crippen LogP contribution is -2.41. The summed E-state index contributed by atoms with van der Waals surface area (Å²) in [5.74, 6) is -1.42. The summed E-state index contributed by atoms with van der Waals surface area (Å²) >= 11 is 0. The fourth-order valence-corrected chi connectivity index (χ4v) is 2.56. The Bertz CT molecular complexity index is 522. The first kappa shape index (κ1) is 15.7. The summed E-state index contributed by atoms with van der Waals surface area (Å²) in [4.78, 5) is 27.4. The average Bonchev–Trinajstić information content (AvgIpc) is 2.70. The molecule has 0 aromatic carbocycles. The Kier molecular flexibility index (Phi) is 4.15. The van der Waals surface area contributed by atoms with Crippen LogP contribution in [0.1, 0.15) is 26.7 Å². The number of aliphatic imine (C=N–C) groups is 1. The SMILES string of the molecule is COC(=O)C=NC1=C(OC)C(=O)C[C@]2(COC(C)(C)O2)C1. The summed E-state index contributed by atoms with van der Waals surface area (Å²) in [6.07, 6.45) is 1.51. The molecule has 1 saturated heterocycles. The molecule has 0 amide bonds. The van der Waals surface area contributed by atoms with E-state index in [0.717, 1.165) is 6.21 Å². The van der Waals surface area contributed by atoms with Gasteiger partial charge in [-0.15, -0.1) is 0 Å². The van der Waals surface area contributed by atoms with Gasteiger partial charge in [0.25, 0.3) is 0 Å². The zero-order valence-electron chi connectivity index (χ0n) is 12.6. The van der Waals surface area contributed by atoms with Crippen molar-refractivity contribution in [1.82, 2.24) is 0 Å². The number of rotatable bonds is 3. The number of nitrogens with zero attached hydrogens (tertiary/aromatic N) is 1. The van der Waals surface area contributed by atoms with Crippen molar-refractivity contribution in [3.05, 3.63) is 11.5 Å². The molecule has 7 nitrogen and oxygen atoms in total. The van der Waals surface area contributed by atoms with Crippen LogP contribution >= 0.6 is 0 Å². The van der Waals surface area contributed by atoms with E-state index < -0.39 is 17.4 Å². The summed E-state index contributed by atoms with van der Waals surface area (Å²) in [5.41, 5.74) is -0.397. The van der Waals surface area contributed by atoms with Gasteiger partial charge in [0.05, 0.1) is 26.5 Å². The number of ether oxygens (including phenoxy) is 4. The third-order valence-corrected chi connectivity index (χ3v) is 3.36. The molecule has 2 rings (SSSR count). The van der Waals surface area contributed by atoms with Gasteiger partial charge in [-0.05, 0) is 13.8 Å². The highest BCUT2D eigenvalue weighted by molar-refractivity contribution is 6.23. The van der Waals surface area contributed by atoms with Gasteiger partial charge < -0.3 is 18.9 Å². The average molecular weight is 297 g/mol. The highest BCUT2D eigenvalue weighted by Crippen LogP contribution is 2.42. The number of carbonyl (C=O) groups is 2. The molecule has 0 saturated carbocycles. The van der Waals surface area contributed by atoms with E-state index in [0.29, 0.717) is 18.7 Å². The number of hydrogen-bond donors (Lipinski definition) is 0. The van der Waals surface area contributed by atoms with E-state index in [4.69, 9.17) is 14.2 Å². The van der Waals surface area contributed by atoms with E-state index in [-0.39, 0.29) is 18.0 Å². The minimum atomic E-state index is -0.759. The van der Waals surface area contributed by atoms with Crippen molar-refractivity contribution in [2.75, 3.05) is 20.8 Å². The van der Waals surface area contributed by atoms with Crippen molar-refractivity contribution in [3.63, 3.8) is 0 Å². The van der Waals surface area contributed by atoms with E-state index >= 15 is 0 Å². The molecule has 0 aromatic rings. The van der Waals surface area contributed by atoms with Crippen molar-refractivity contribution in [3.8, 4) is 0 Å². The lowest BCUT2D eigenvalue weighted by atomic mass is 9.86.